The Kier molecular flexibility index (Phi) is 4.52. The Morgan fingerprint density at radius 2 is 2.05 bits per heavy atom. The topological polar surface area (TPSA) is 33.2 Å². The Balaban J connectivity index is 1.53. The van der Waals surface area contributed by atoms with Gasteiger partial charge in [0.25, 0.3) is 5.91 Å². The first-order chi connectivity index (χ1) is 10.7. The molecular formula is C19H22N2O. The zero-order chi connectivity index (χ0) is 15.4. The normalized spacial score (nSPS) is 17.7. The predicted octanol–water partition coefficient (Wildman–Crippen LogP) is 3.48. The second-order valence-corrected chi connectivity index (χ2v) is 6.12. The van der Waals surface area contributed by atoms with E-state index >= 15 is 0 Å². The van der Waals surface area contributed by atoms with Gasteiger partial charge in [-0.3, -0.25) is 9.78 Å². The molecule has 114 valence electrons. The van der Waals surface area contributed by atoms with Crippen LogP contribution in [0.2, 0.25) is 0 Å². The number of pyridine rings is 1. The molecule has 3 rings (SSSR count). The van der Waals surface area contributed by atoms with Crippen molar-refractivity contribution in [3.05, 3.63) is 65.5 Å². The van der Waals surface area contributed by atoms with Gasteiger partial charge in [0.05, 0.1) is 5.56 Å². The fourth-order valence-electron chi connectivity index (χ4n) is 3.05. The molecule has 1 amide bonds. The minimum absolute atomic E-state index is 0.120. The largest absolute Gasteiger partial charge is 0.338 e. The summed E-state index contributed by atoms with van der Waals surface area (Å²) in [5.74, 6) is 0.734. The second-order valence-electron chi connectivity index (χ2n) is 6.12. The minimum atomic E-state index is 0.120. The van der Waals surface area contributed by atoms with E-state index in [4.69, 9.17) is 0 Å². The van der Waals surface area contributed by atoms with E-state index in [0.717, 1.165) is 38.0 Å². The molecule has 1 aliphatic rings. The van der Waals surface area contributed by atoms with Gasteiger partial charge in [0.15, 0.2) is 0 Å². The van der Waals surface area contributed by atoms with Crippen LogP contribution < -0.4 is 0 Å². The average Bonchev–Trinajstić information content (AvgIpc) is 3.03. The lowest BCUT2D eigenvalue weighted by atomic mass is 9.99. The molecule has 0 N–H and O–H groups in total. The summed E-state index contributed by atoms with van der Waals surface area (Å²) in [5.41, 5.74) is 3.03. The number of aryl methyl sites for hydroxylation is 2. The Morgan fingerprint density at radius 1 is 1.23 bits per heavy atom. The fourth-order valence-corrected chi connectivity index (χ4v) is 3.05. The Morgan fingerprint density at radius 3 is 2.77 bits per heavy atom. The lowest BCUT2D eigenvalue weighted by Gasteiger charge is -2.16. The lowest BCUT2D eigenvalue weighted by molar-refractivity contribution is 0.0786. The van der Waals surface area contributed by atoms with Gasteiger partial charge in [0.1, 0.15) is 0 Å². The summed E-state index contributed by atoms with van der Waals surface area (Å²) in [6.07, 6.45) is 5.05. The highest BCUT2D eigenvalue weighted by molar-refractivity contribution is 5.94. The molecule has 1 unspecified atom stereocenters. The van der Waals surface area contributed by atoms with E-state index in [1.807, 2.05) is 24.0 Å². The molecule has 22 heavy (non-hydrogen) atoms. The van der Waals surface area contributed by atoms with E-state index < -0.39 is 0 Å². The summed E-state index contributed by atoms with van der Waals surface area (Å²) in [7, 11) is 0. The van der Waals surface area contributed by atoms with Crippen molar-refractivity contribution >= 4 is 5.91 Å². The van der Waals surface area contributed by atoms with Crippen LogP contribution in [0, 0.1) is 12.8 Å². The number of hydrogen-bond acceptors (Lipinski definition) is 2. The van der Waals surface area contributed by atoms with Crippen LogP contribution in [0.3, 0.4) is 0 Å². The summed E-state index contributed by atoms with van der Waals surface area (Å²) in [5, 5.41) is 0. The van der Waals surface area contributed by atoms with Crippen LogP contribution in [0.4, 0.5) is 0 Å². The first kappa shape index (κ1) is 14.8. The molecule has 1 saturated heterocycles. The van der Waals surface area contributed by atoms with E-state index in [1.165, 1.54) is 5.56 Å². The zero-order valence-corrected chi connectivity index (χ0v) is 13.0. The quantitative estimate of drug-likeness (QED) is 0.865. The van der Waals surface area contributed by atoms with E-state index in [9.17, 15) is 4.79 Å². The van der Waals surface area contributed by atoms with Crippen LogP contribution in [-0.2, 0) is 6.42 Å². The molecule has 2 aromatic rings. The van der Waals surface area contributed by atoms with Gasteiger partial charge < -0.3 is 4.90 Å². The molecule has 0 spiro atoms. The molecule has 3 nitrogen and oxygen atoms in total. The standard InChI is InChI=1S/C19H22N2O/c1-15-7-10-18(13-20-15)19(22)21-12-11-17(14-21)9-8-16-5-3-2-4-6-16/h2-7,10,13,17H,8-9,11-12,14H2,1H3. The van der Waals surface area contributed by atoms with Crippen molar-refractivity contribution in [2.75, 3.05) is 13.1 Å². The number of carbonyl (C=O) groups is 1. The average molecular weight is 294 g/mol. The number of likely N-dealkylation sites (tertiary alicyclic amines) is 1. The smallest absolute Gasteiger partial charge is 0.255 e. The third-order valence-electron chi connectivity index (χ3n) is 4.42. The number of amides is 1. The van der Waals surface area contributed by atoms with Crippen molar-refractivity contribution in [3.63, 3.8) is 0 Å². The molecule has 0 aliphatic carbocycles. The van der Waals surface area contributed by atoms with Gasteiger partial charge in [-0.1, -0.05) is 30.3 Å². The summed E-state index contributed by atoms with van der Waals surface area (Å²) in [4.78, 5) is 18.7. The van der Waals surface area contributed by atoms with Gasteiger partial charge in [-0.2, -0.15) is 0 Å². The molecule has 0 radical (unpaired) electrons. The Bertz CT molecular complexity index is 622. The SMILES string of the molecule is Cc1ccc(C(=O)N2CCC(CCc3ccccc3)C2)cn1. The Labute approximate surface area is 132 Å². The summed E-state index contributed by atoms with van der Waals surface area (Å²) >= 11 is 0. The molecule has 2 heterocycles. The summed E-state index contributed by atoms with van der Waals surface area (Å²) < 4.78 is 0. The van der Waals surface area contributed by atoms with Crippen LogP contribution in [0.15, 0.2) is 48.7 Å². The van der Waals surface area contributed by atoms with Gasteiger partial charge in [-0.25, -0.2) is 0 Å². The zero-order valence-electron chi connectivity index (χ0n) is 13.0. The predicted molar refractivity (Wildman–Crippen MR) is 87.7 cm³/mol. The van der Waals surface area contributed by atoms with Crippen molar-refractivity contribution in [3.8, 4) is 0 Å². The van der Waals surface area contributed by atoms with Crippen molar-refractivity contribution in [1.82, 2.24) is 9.88 Å². The summed E-state index contributed by atoms with van der Waals surface area (Å²) in [6, 6.07) is 14.4. The van der Waals surface area contributed by atoms with Crippen molar-refractivity contribution in [2.45, 2.75) is 26.2 Å². The lowest BCUT2D eigenvalue weighted by Crippen LogP contribution is -2.28. The third kappa shape index (κ3) is 3.53. The fraction of sp³-hybridized carbons (Fsp3) is 0.368. The first-order valence-corrected chi connectivity index (χ1v) is 7.98. The molecule has 0 bridgehead atoms. The van der Waals surface area contributed by atoms with Crippen LogP contribution in [0.25, 0.3) is 0 Å². The highest BCUT2D eigenvalue weighted by Gasteiger charge is 2.26. The number of carbonyl (C=O) groups excluding carboxylic acids is 1. The molecule has 1 aromatic heterocycles. The second kappa shape index (κ2) is 6.73. The van der Waals surface area contributed by atoms with Gasteiger partial charge in [-0.15, -0.1) is 0 Å². The summed E-state index contributed by atoms with van der Waals surface area (Å²) in [6.45, 7) is 3.68. The monoisotopic (exact) mass is 294 g/mol. The minimum Gasteiger partial charge on any atom is -0.338 e. The number of hydrogen-bond donors (Lipinski definition) is 0. The first-order valence-electron chi connectivity index (χ1n) is 7.98. The third-order valence-corrected chi connectivity index (χ3v) is 4.42. The number of rotatable bonds is 4. The highest BCUT2D eigenvalue weighted by Crippen LogP contribution is 2.23. The molecule has 1 fully saturated rings. The van der Waals surface area contributed by atoms with Crippen molar-refractivity contribution in [2.24, 2.45) is 5.92 Å². The molecule has 1 atom stereocenters. The number of benzene rings is 1. The van der Waals surface area contributed by atoms with Crippen LogP contribution in [0.1, 0.15) is 34.5 Å². The highest BCUT2D eigenvalue weighted by atomic mass is 16.2. The van der Waals surface area contributed by atoms with Crippen LogP contribution >= 0.6 is 0 Å². The Hall–Kier alpha value is -2.16. The molecule has 1 aliphatic heterocycles. The molecule has 3 heteroatoms. The maximum Gasteiger partial charge on any atom is 0.255 e. The maximum absolute atomic E-state index is 12.5. The van der Waals surface area contributed by atoms with Gasteiger partial charge in [-0.05, 0) is 49.8 Å². The van der Waals surface area contributed by atoms with Crippen LogP contribution in [0.5, 0.6) is 0 Å². The van der Waals surface area contributed by atoms with Crippen molar-refractivity contribution < 1.29 is 4.79 Å². The maximum atomic E-state index is 12.5. The van der Waals surface area contributed by atoms with Gasteiger partial charge in [0, 0.05) is 25.0 Å². The number of aromatic nitrogens is 1. The van der Waals surface area contributed by atoms with Crippen LogP contribution in [-0.4, -0.2) is 28.9 Å². The van der Waals surface area contributed by atoms with Gasteiger partial charge >= 0.3 is 0 Å². The van der Waals surface area contributed by atoms with Crippen molar-refractivity contribution in [1.29, 1.82) is 0 Å². The van der Waals surface area contributed by atoms with E-state index in [2.05, 4.69) is 35.3 Å². The van der Waals surface area contributed by atoms with E-state index in [0.29, 0.717) is 11.5 Å². The van der Waals surface area contributed by atoms with E-state index in [-0.39, 0.29) is 5.91 Å². The molecular weight excluding hydrogens is 272 g/mol. The molecule has 0 saturated carbocycles. The molecule has 1 aromatic carbocycles. The number of nitrogens with zero attached hydrogens (tertiary/aromatic N) is 2. The van der Waals surface area contributed by atoms with E-state index in [1.54, 1.807) is 6.20 Å². The van der Waals surface area contributed by atoms with Gasteiger partial charge in [0.2, 0.25) is 0 Å².